The Bertz CT molecular complexity index is 741. The molecule has 132 valence electrons. The fourth-order valence-corrected chi connectivity index (χ4v) is 2.50. The molecular weight excluding hydrogens is 318 g/mol. The first-order valence-electron chi connectivity index (χ1n) is 8.25. The first-order valence-corrected chi connectivity index (χ1v) is 8.25. The zero-order valence-electron chi connectivity index (χ0n) is 14.7. The number of hydrogen-bond acceptors (Lipinski definition) is 3. The highest BCUT2D eigenvalue weighted by Gasteiger charge is 2.16. The van der Waals surface area contributed by atoms with Gasteiger partial charge in [-0.25, -0.2) is 4.79 Å². The Morgan fingerprint density at radius 2 is 1.76 bits per heavy atom. The highest BCUT2D eigenvalue weighted by molar-refractivity contribution is 5.95. The Balaban J connectivity index is 2.15. The van der Waals surface area contributed by atoms with Gasteiger partial charge in [0.15, 0.2) is 0 Å². The molecule has 0 aliphatic rings. The molecule has 2 aromatic rings. The summed E-state index contributed by atoms with van der Waals surface area (Å²) in [6.45, 7) is 5.72. The van der Waals surface area contributed by atoms with Crippen LogP contribution in [0.2, 0.25) is 0 Å². The summed E-state index contributed by atoms with van der Waals surface area (Å²) in [7, 11) is 0. The first kappa shape index (κ1) is 18.5. The summed E-state index contributed by atoms with van der Waals surface area (Å²) >= 11 is 0. The van der Waals surface area contributed by atoms with Crippen LogP contribution in [0.3, 0.4) is 0 Å². The van der Waals surface area contributed by atoms with E-state index in [2.05, 4.69) is 5.32 Å². The first-order chi connectivity index (χ1) is 11.9. The number of carboxylic acid groups (broad SMARTS) is 1. The predicted octanol–water partition coefficient (Wildman–Crippen LogP) is 4.30. The van der Waals surface area contributed by atoms with Crippen molar-refractivity contribution in [2.75, 3.05) is 5.32 Å². The summed E-state index contributed by atoms with van der Waals surface area (Å²) in [6.07, 6.45) is 0.206. The second-order valence-electron chi connectivity index (χ2n) is 6.25. The largest absolute Gasteiger partial charge is 0.489 e. The summed E-state index contributed by atoms with van der Waals surface area (Å²) in [4.78, 5) is 23.6. The third-order valence-electron chi connectivity index (χ3n) is 3.72. The van der Waals surface area contributed by atoms with Gasteiger partial charge in [-0.3, -0.25) is 4.79 Å². The second-order valence-corrected chi connectivity index (χ2v) is 6.25. The normalized spacial score (nSPS) is 11.8. The van der Waals surface area contributed by atoms with Gasteiger partial charge in [-0.15, -0.1) is 0 Å². The van der Waals surface area contributed by atoms with Crippen molar-refractivity contribution >= 4 is 17.6 Å². The molecule has 0 saturated carbocycles. The molecule has 0 fully saturated rings. The van der Waals surface area contributed by atoms with E-state index in [4.69, 9.17) is 9.84 Å². The van der Waals surface area contributed by atoms with Gasteiger partial charge in [0.1, 0.15) is 5.75 Å². The lowest BCUT2D eigenvalue weighted by Crippen LogP contribution is -2.17. The lowest BCUT2D eigenvalue weighted by Gasteiger charge is -2.17. The van der Waals surface area contributed by atoms with Crippen LogP contribution in [0.5, 0.6) is 5.75 Å². The molecule has 0 bridgehead atoms. The topological polar surface area (TPSA) is 75.6 Å². The Morgan fingerprint density at radius 3 is 2.36 bits per heavy atom. The summed E-state index contributed by atoms with van der Waals surface area (Å²) < 4.78 is 5.66. The van der Waals surface area contributed by atoms with Gasteiger partial charge in [0.25, 0.3) is 0 Å². The van der Waals surface area contributed by atoms with Crippen LogP contribution in [0.1, 0.15) is 49.0 Å². The number of amides is 1. The number of anilines is 1. The van der Waals surface area contributed by atoms with Crippen LogP contribution in [-0.2, 0) is 4.79 Å². The van der Waals surface area contributed by atoms with Crippen LogP contribution < -0.4 is 10.1 Å². The molecule has 0 radical (unpaired) electrons. The van der Waals surface area contributed by atoms with Crippen molar-refractivity contribution in [2.45, 2.75) is 39.2 Å². The Labute approximate surface area is 147 Å². The third-order valence-corrected chi connectivity index (χ3v) is 3.72. The minimum absolute atomic E-state index is 0.0540. The fourth-order valence-electron chi connectivity index (χ4n) is 2.50. The van der Waals surface area contributed by atoms with E-state index in [0.717, 1.165) is 5.56 Å². The molecule has 1 atom stereocenters. The highest BCUT2D eigenvalue weighted by Crippen LogP contribution is 2.28. The van der Waals surface area contributed by atoms with Crippen molar-refractivity contribution in [1.29, 1.82) is 0 Å². The predicted molar refractivity (Wildman–Crippen MR) is 97.3 cm³/mol. The summed E-state index contributed by atoms with van der Waals surface area (Å²) in [5.41, 5.74) is 1.55. The number of nitrogens with one attached hydrogen (secondary N) is 1. The van der Waals surface area contributed by atoms with Gasteiger partial charge in [-0.2, -0.15) is 0 Å². The van der Waals surface area contributed by atoms with E-state index in [1.807, 2.05) is 51.1 Å². The molecule has 2 rings (SSSR count). The van der Waals surface area contributed by atoms with E-state index in [9.17, 15) is 9.59 Å². The third kappa shape index (κ3) is 5.35. The maximum atomic E-state index is 12.4. The number of hydrogen-bond donors (Lipinski definition) is 2. The average molecular weight is 341 g/mol. The zero-order valence-corrected chi connectivity index (χ0v) is 14.7. The SMILES string of the molecule is CC(C)Oc1ccc(C(=O)O)cc1NC(=O)CC(C)c1ccccc1. The number of ether oxygens (including phenoxy) is 1. The zero-order chi connectivity index (χ0) is 18.4. The van der Waals surface area contributed by atoms with E-state index in [1.165, 1.54) is 12.1 Å². The molecule has 1 unspecified atom stereocenters. The van der Waals surface area contributed by atoms with Crippen LogP contribution in [0.25, 0.3) is 0 Å². The summed E-state index contributed by atoms with van der Waals surface area (Å²) in [5, 5.41) is 11.9. The van der Waals surface area contributed by atoms with E-state index in [0.29, 0.717) is 17.9 Å². The molecule has 2 N–H and O–H groups in total. The smallest absolute Gasteiger partial charge is 0.335 e. The molecule has 5 nitrogen and oxygen atoms in total. The van der Waals surface area contributed by atoms with Crippen LogP contribution in [-0.4, -0.2) is 23.1 Å². The number of aromatic carboxylic acids is 1. The highest BCUT2D eigenvalue weighted by atomic mass is 16.5. The molecule has 1 amide bonds. The van der Waals surface area contributed by atoms with Gasteiger partial charge in [-0.05, 0) is 43.5 Å². The molecular formula is C20H23NO4. The van der Waals surface area contributed by atoms with E-state index in [1.54, 1.807) is 6.07 Å². The number of carboxylic acids is 1. The van der Waals surface area contributed by atoms with E-state index < -0.39 is 5.97 Å². The molecule has 0 aliphatic carbocycles. The molecule has 0 spiro atoms. The average Bonchev–Trinajstić information content (AvgIpc) is 2.56. The fraction of sp³-hybridized carbons (Fsp3) is 0.300. The van der Waals surface area contributed by atoms with Gasteiger partial charge in [0, 0.05) is 6.42 Å². The van der Waals surface area contributed by atoms with E-state index in [-0.39, 0.29) is 23.5 Å². The minimum Gasteiger partial charge on any atom is -0.489 e. The summed E-state index contributed by atoms with van der Waals surface area (Å²) in [6, 6.07) is 14.2. The van der Waals surface area contributed by atoms with Gasteiger partial charge >= 0.3 is 5.97 Å². The molecule has 25 heavy (non-hydrogen) atoms. The maximum absolute atomic E-state index is 12.4. The lowest BCUT2D eigenvalue weighted by molar-refractivity contribution is -0.116. The quantitative estimate of drug-likeness (QED) is 0.787. The Kier molecular flexibility index (Phi) is 6.17. The molecule has 5 heteroatoms. The van der Waals surface area contributed by atoms with Gasteiger partial charge < -0.3 is 15.2 Å². The van der Waals surface area contributed by atoms with E-state index >= 15 is 0 Å². The molecule has 0 saturated heterocycles. The van der Waals surface area contributed by atoms with Gasteiger partial charge in [0.2, 0.25) is 5.91 Å². The molecule has 0 aliphatic heterocycles. The molecule has 0 heterocycles. The lowest BCUT2D eigenvalue weighted by atomic mass is 9.97. The molecule has 0 aromatic heterocycles. The number of rotatable bonds is 7. The van der Waals surface area contributed by atoms with Crippen molar-refractivity contribution in [3.05, 3.63) is 59.7 Å². The van der Waals surface area contributed by atoms with Crippen LogP contribution in [0.4, 0.5) is 5.69 Å². The van der Waals surface area contributed by atoms with Crippen molar-refractivity contribution in [2.24, 2.45) is 0 Å². The standard InChI is InChI=1S/C20H23NO4/c1-13(2)25-18-10-9-16(20(23)24)12-17(18)21-19(22)11-14(3)15-7-5-4-6-8-15/h4-10,12-14H,11H2,1-3H3,(H,21,22)(H,23,24). The van der Waals surface area contributed by atoms with Crippen molar-refractivity contribution in [3.8, 4) is 5.75 Å². The van der Waals surface area contributed by atoms with Crippen LogP contribution >= 0.6 is 0 Å². The molecule has 2 aromatic carbocycles. The Morgan fingerprint density at radius 1 is 1.08 bits per heavy atom. The minimum atomic E-state index is -1.05. The van der Waals surface area contributed by atoms with Crippen molar-refractivity contribution in [3.63, 3.8) is 0 Å². The van der Waals surface area contributed by atoms with Gasteiger partial charge in [0.05, 0.1) is 17.4 Å². The van der Waals surface area contributed by atoms with Crippen LogP contribution in [0.15, 0.2) is 48.5 Å². The Hall–Kier alpha value is -2.82. The van der Waals surface area contributed by atoms with Crippen LogP contribution in [0, 0.1) is 0 Å². The van der Waals surface area contributed by atoms with Crippen molar-refractivity contribution in [1.82, 2.24) is 0 Å². The monoisotopic (exact) mass is 341 g/mol. The maximum Gasteiger partial charge on any atom is 0.335 e. The number of carbonyl (C=O) groups is 2. The number of benzene rings is 2. The number of carbonyl (C=O) groups excluding carboxylic acids is 1. The summed E-state index contributed by atoms with van der Waals surface area (Å²) in [5.74, 6) is -0.726. The van der Waals surface area contributed by atoms with Gasteiger partial charge in [-0.1, -0.05) is 37.3 Å². The van der Waals surface area contributed by atoms with Crippen molar-refractivity contribution < 1.29 is 19.4 Å². The second kappa shape index (κ2) is 8.33.